The second kappa shape index (κ2) is 4.57. The van der Waals surface area contributed by atoms with Crippen molar-refractivity contribution in [3.63, 3.8) is 0 Å². The monoisotopic (exact) mass is 224 g/mol. The Kier molecular flexibility index (Phi) is 3.14. The van der Waals surface area contributed by atoms with E-state index in [1.165, 1.54) is 18.3 Å². The molecule has 5 heteroatoms. The number of hydrogen-bond donors (Lipinski definition) is 1. The first kappa shape index (κ1) is 11.0. The molecular weight excluding hydrogens is 211 g/mol. The highest BCUT2D eigenvalue weighted by Crippen LogP contribution is 2.18. The maximum atomic E-state index is 13.3. The molecule has 1 N–H and O–H groups in total. The van der Waals surface area contributed by atoms with E-state index in [2.05, 4.69) is 4.98 Å². The van der Waals surface area contributed by atoms with Crippen molar-refractivity contribution < 1.29 is 14.3 Å². The van der Waals surface area contributed by atoms with E-state index in [4.69, 9.17) is 5.11 Å². The van der Waals surface area contributed by atoms with Crippen LogP contribution in [0.1, 0.15) is 16.8 Å². The lowest BCUT2D eigenvalue weighted by atomic mass is 10.1. The van der Waals surface area contributed by atoms with Crippen molar-refractivity contribution in [2.75, 3.05) is 19.7 Å². The van der Waals surface area contributed by atoms with E-state index < -0.39 is 5.95 Å². The summed E-state index contributed by atoms with van der Waals surface area (Å²) < 4.78 is 13.3. The van der Waals surface area contributed by atoms with E-state index in [-0.39, 0.29) is 24.0 Å². The number of nitrogens with zero attached hydrogens (tertiary/aromatic N) is 2. The Morgan fingerprint density at radius 1 is 1.69 bits per heavy atom. The van der Waals surface area contributed by atoms with Gasteiger partial charge in [-0.15, -0.1) is 0 Å². The predicted molar refractivity (Wildman–Crippen MR) is 55.3 cm³/mol. The van der Waals surface area contributed by atoms with E-state index in [1.54, 1.807) is 4.90 Å². The summed E-state index contributed by atoms with van der Waals surface area (Å²) in [4.78, 5) is 16.9. The van der Waals surface area contributed by atoms with Crippen LogP contribution in [0.4, 0.5) is 4.39 Å². The first-order chi connectivity index (χ1) is 7.72. The highest BCUT2D eigenvalue weighted by molar-refractivity contribution is 5.94. The van der Waals surface area contributed by atoms with Gasteiger partial charge in [0.2, 0.25) is 5.95 Å². The third-order valence-corrected chi connectivity index (χ3v) is 2.82. The van der Waals surface area contributed by atoms with Crippen LogP contribution in [-0.4, -0.2) is 40.6 Å². The van der Waals surface area contributed by atoms with Crippen LogP contribution < -0.4 is 0 Å². The molecule has 16 heavy (non-hydrogen) atoms. The van der Waals surface area contributed by atoms with Crippen LogP contribution in [0, 0.1) is 11.9 Å². The normalized spacial score (nSPS) is 20.1. The second-order valence-electron chi connectivity index (χ2n) is 3.93. The number of carbonyl (C=O) groups excluding carboxylic acids is 1. The molecule has 0 spiro atoms. The fourth-order valence-electron chi connectivity index (χ4n) is 1.88. The van der Waals surface area contributed by atoms with Crippen molar-refractivity contribution in [3.8, 4) is 0 Å². The standard InChI is InChI=1S/C11H13FN2O2/c12-10-9(2-1-4-13-10)11(16)14-5-3-8(6-14)7-15/h1-2,4,8,15H,3,5-7H2. The first-order valence-electron chi connectivity index (χ1n) is 5.23. The summed E-state index contributed by atoms with van der Waals surface area (Å²) in [7, 11) is 0. The van der Waals surface area contributed by atoms with Crippen LogP contribution in [0.3, 0.4) is 0 Å². The highest BCUT2D eigenvalue weighted by Gasteiger charge is 2.27. The third-order valence-electron chi connectivity index (χ3n) is 2.82. The summed E-state index contributed by atoms with van der Waals surface area (Å²) in [6.45, 7) is 1.13. The van der Waals surface area contributed by atoms with Gasteiger partial charge in [-0.3, -0.25) is 4.79 Å². The summed E-state index contributed by atoms with van der Waals surface area (Å²) in [5.74, 6) is -0.967. The summed E-state index contributed by atoms with van der Waals surface area (Å²) in [6.07, 6.45) is 2.08. The molecule has 1 aromatic rings. The Morgan fingerprint density at radius 3 is 3.12 bits per heavy atom. The Labute approximate surface area is 92.7 Å². The SMILES string of the molecule is O=C(c1cccnc1F)N1CCC(CO)C1. The number of pyridine rings is 1. The van der Waals surface area contributed by atoms with Crippen LogP contribution in [0.25, 0.3) is 0 Å². The van der Waals surface area contributed by atoms with E-state index in [9.17, 15) is 9.18 Å². The number of halogens is 1. The molecule has 1 aromatic heterocycles. The lowest BCUT2D eigenvalue weighted by Gasteiger charge is -2.15. The molecule has 0 aliphatic carbocycles. The van der Waals surface area contributed by atoms with Gasteiger partial charge in [-0.25, -0.2) is 4.98 Å². The maximum absolute atomic E-state index is 13.3. The molecule has 1 aliphatic rings. The molecule has 1 fully saturated rings. The highest BCUT2D eigenvalue weighted by atomic mass is 19.1. The van der Waals surface area contributed by atoms with Gasteiger partial charge in [0.1, 0.15) is 0 Å². The Balaban J connectivity index is 2.12. The number of aliphatic hydroxyl groups excluding tert-OH is 1. The van der Waals surface area contributed by atoms with Gasteiger partial charge in [-0.2, -0.15) is 4.39 Å². The number of hydrogen-bond acceptors (Lipinski definition) is 3. The van der Waals surface area contributed by atoms with Crippen molar-refractivity contribution in [2.45, 2.75) is 6.42 Å². The molecule has 0 aromatic carbocycles. The average Bonchev–Trinajstić information content (AvgIpc) is 2.77. The molecule has 4 nitrogen and oxygen atoms in total. The summed E-state index contributed by atoms with van der Waals surface area (Å²) in [5, 5.41) is 8.97. The Bertz CT molecular complexity index is 397. The zero-order valence-electron chi connectivity index (χ0n) is 8.77. The van der Waals surface area contributed by atoms with Crippen molar-refractivity contribution in [1.29, 1.82) is 0 Å². The molecule has 2 heterocycles. The van der Waals surface area contributed by atoms with E-state index >= 15 is 0 Å². The number of amides is 1. The summed E-state index contributed by atoms with van der Waals surface area (Å²) in [6, 6.07) is 2.97. The van der Waals surface area contributed by atoms with Gasteiger partial charge in [0.25, 0.3) is 5.91 Å². The van der Waals surface area contributed by atoms with Crippen LogP contribution >= 0.6 is 0 Å². The van der Waals surface area contributed by atoms with Crippen molar-refractivity contribution in [3.05, 3.63) is 29.8 Å². The largest absolute Gasteiger partial charge is 0.396 e. The minimum atomic E-state index is -0.736. The Morgan fingerprint density at radius 2 is 2.50 bits per heavy atom. The maximum Gasteiger partial charge on any atom is 0.258 e. The quantitative estimate of drug-likeness (QED) is 0.751. The molecule has 86 valence electrons. The molecule has 0 bridgehead atoms. The molecule has 1 unspecified atom stereocenters. The van der Waals surface area contributed by atoms with Crippen molar-refractivity contribution >= 4 is 5.91 Å². The van der Waals surface area contributed by atoms with Gasteiger partial charge >= 0.3 is 0 Å². The number of aromatic nitrogens is 1. The van der Waals surface area contributed by atoms with Crippen LogP contribution in [0.15, 0.2) is 18.3 Å². The minimum Gasteiger partial charge on any atom is -0.396 e. The van der Waals surface area contributed by atoms with E-state index in [1.807, 2.05) is 0 Å². The van der Waals surface area contributed by atoms with Gasteiger partial charge in [-0.1, -0.05) is 0 Å². The fourth-order valence-corrected chi connectivity index (χ4v) is 1.88. The van der Waals surface area contributed by atoms with Crippen LogP contribution in [-0.2, 0) is 0 Å². The van der Waals surface area contributed by atoms with Gasteiger partial charge in [0.15, 0.2) is 0 Å². The first-order valence-corrected chi connectivity index (χ1v) is 5.23. The molecule has 0 saturated carbocycles. The number of rotatable bonds is 2. The smallest absolute Gasteiger partial charge is 0.258 e. The summed E-state index contributed by atoms with van der Waals surface area (Å²) in [5.41, 5.74) is 0.00101. The van der Waals surface area contributed by atoms with Crippen LogP contribution in [0.5, 0.6) is 0 Å². The topological polar surface area (TPSA) is 53.4 Å². The van der Waals surface area contributed by atoms with Gasteiger partial charge in [0.05, 0.1) is 5.56 Å². The predicted octanol–water partition coefficient (Wildman–Crippen LogP) is 0.675. The minimum absolute atomic E-state index is 0.00101. The Hall–Kier alpha value is -1.49. The number of carbonyl (C=O) groups is 1. The van der Waals surface area contributed by atoms with E-state index in [0.717, 1.165) is 6.42 Å². The van der Waals surface area contributed by atoms with Crippen LogP contribution in [0.2, 0.25) is 0 Å². The van der Waals surface area contributed by atoms with Gasteiger partial charge < -0.3 is 10.0 Å². The zero-order valence-corrected chi connectivity index (χ0v) is 8.77. The molecule has 2 rings (SSSR count). The molecule has 1 saturated heterocycles. The zero-order chi connectivity index (χ0) is 11.5. The number of likely N-dealkylation sites (tertiary alicyclic amines) is 1. The van der Waals surface area contributed by atoms with E-state index in [0.29, 0.717) is 13.1 Å². The van der Waals surface area contributed by atoms with Gasteiger partial charge in [0, 0.05) is 31.8 Å². The summed E-state index contributed by atoms with van der Waals surface area (Å²) >= 11 is 0. The molecule has 1 atom stereocenters. The number of aliphatic hydroxyl groups is 1. The lowest BCUT2D eigenvalue weighted by Crippen LogP contribution is -2.30. The fraction of sp³-hybridized carbons (Fsp3) is 0.455. The van der Waals surface area contributed by atoms with Gasteiger partial charge in [-0.05, 0) is 18.6 Å². The third kappa shape index (κ3) is 2.04. The molecule has 0 radical (unpaired) electrons. The lowest BCUT2D eigenvalue weighted by molar-refractivity contribution is 0.0776. The van der Waals surface area contributed by atoms with Crippen molar-refractivity contribution in [2.24, 2.45) is 5.92 Å². The van der Waals surface area contributed by atoms with Crippen molar-refractivity contribution in [1.82, 2.24) is 9.88 Å². The second-order valence-corrected chi connectivity index (χ2v) is 3.93. The average molecular weight is 224 g/mol. The molecular formula is C11H13FN2O2. The molecule has 1 aliphatic heterocycles. The molecule has 1 amide bonds.